The van der Waals surface area contributed by atoms with Crippen LogP contribution in [0.2, 0.25) is 10.0 Å². The second kappa shape index (κ2) is 5.30. The van der Waals surface area contributed by atoms with Gasteiger partial charge in [-0.15, -0.1) is 0 Å². The Balaban J connectivity index is 2.09. The first-order chi connectivity index (χ1) is 10.4. The van der Waals surface area contributed by atoms with Gasteiger partial charge in [0.1, 0.15) is 11.3 Å². The van der Waals surface area contributed by atoms with E-state index >= 15 is 0 Å². The Morgan fingerprint density at radius 1 is 1.36 bits per heavy atom. The number of aromatic carboxylic acids is 1. The molecule has 0 aliphatic carbocycles. The number of benzene rings is 1. The zero-order valence-electron chi connectivity index (χ0n) is 11.5. The Hall–Kier alpha value is -2.05. The van der Waals surface area contributed by atoms with E-state index in [-0.39, 0.29) is 17.3 Å². The van der Waals surface area contributed by atoms with Gasteiger partial charge in [-0.25, -0.2) is 4.79 Å². The number of fused-ring (bicyclic) bond motifs is 1. The third-order valence-electron chi connectivity index (χ3n) is 3.55. The predicted molar refractivity (Wildman–Crippen MR) is 82.0 cm³/mol. The molecule has 2 heterocycles. The van der Waals surface area contributed by atoms with Gasteiger partial charge in [-0.2, -0.15) is 5.10 Å². The maximum atomic E-state index is 12.7. The molecule has 0 unspecified atom stereocenters. The lowest BCUT2D eigenvalue weighted by atomic mass is 10.1. The van der Waals surface area contributed by atoms with E-state index in [0.717, 1.165) is 0 Å². The molecule has 1 amide bonds. The molecule has 1 aromatic carbocycles. The molecule has 1 aliphatic rings. The molecule has 1 atom stereocenters. The number of anilines is 1. The van der Waals surface area contributed by atoms with Gasteiger partial charge in [-0.3, -0.25) is 9.48 Å². The molecule has 6 nitrogen and oxygen atoms in total. The summed E-state index contributed by atoms with van der Waals surface area (Å²) in [5, 5.41) is 13.9. The highest BCUT2D eigenvalue weighted by atomic mass is 35.5. The quantitative estimate of drug-likeness (QED) is 0.911. The van der Waals surface area contributed by atoms with Crippen LogP contribution in [0.25, 0.3) is 0 Å². The van der Waals surface area contributed by atoms with Gasteiger partial charge in [0.05, 0.1) is 22.3 Å². The van der Waals surface area contributed by atoms with Crippen LogP contribution in [0.1, 0.15) is 33.8 Å². The van der Waals surface area contributed by atoms with E-state index in [0.29, 0.717) is 22.3 Å². The number of nitrogens with zero attached hydrogens (tertiary/aromatic N) is 3. The van der Waals surface area contributed by atoms with E-state index in [1.165, 1.54) is 15.8 Å². The summed E-state index contributed by atoms with van der Waals surface area (Å²) in [6, 6.07) is 4.70. The van der Waals surface area contributed by atoms with Crippen LogP contribution in [0.15, 0.2) is 24.4 Å². The van der Waals surface area contributed by atoms with Crippen molar-refractivity contribution in [3.8, 4) is 0 Å². The van der Waals surface area contributed by atoms with Crippen LogP contribution in [-0.4, -0.2) is 33.3 Å². The fourth-order valence-electron chi connectivity index (χ4n) is 2.49. The lowest BCUT2D eigenvalue weighted by molar-refractivity contribution is 0.0690. The van der Waals surface area contributed by atoms with E-state index < -0.39 is 11.9 Å². The van der Waals surface area contributed by atoms with Gasteiger partial charge in [0.15, 0.2) is 0 Å². The minimum atomic E-state index is -1.18. The molecule has 114 valence electrons. The van der Waals surface area contributed by atoms with Crippen molar-refractivity contribution < 1.29 is 14.7 Å². The number of carbonyl (C=O) groups is 2. The third kappa shape index (κ3) is 2.24. The van der Waals surface area contributed by atoms with Crippen LogP contribution < -0.4 is 4.90 Å². The molecule has 8 heteroatoms. The fourth-order valence-corrected chi connectivity index (χ4v) is 2.79. The highest BCUT2D eigenvalue weighted by Gasteiger charge is 2.35. The second-order valence-electron chi connectivity index (χ2n) is 5.02. The Kier molecular flexibility index (Phi) is 3.58. The van der Waals surface area contributed by atoms with Crippen LogP contribution in [0.3, 0.4) is 0 Å². The lowest BCUT2D eigenvalue weighted by Crippen LogP contribution is -2.43. The van der Waals surface area contributed by atoms with Crippen molar-refractivity contribution in [2.75, 3.05) is 11.4 Å². The highest BCUT2D eigenvalue weighted by molar-refractivity contribution is 6.42. The lowest BCUT2D eigenvalue weighted by Gasteiger charge is -2.32. The number of aromatic nitrogens is 2. The maximum Gasteiger partial charge on any atom is 0.339 e. The molecular weight excluding hydrogens is 329 g/mol. The smallest absolute Gasteiger partial charge is 0.339 e. The first-order valence-corrected chi connectivity index (χ1v) is 7.23. The van der Waals surface area contributed by atoms with Gasteiger partial charge < -0.3 is 10.0 Å². The van der Waals surface area contributed by atoms with Gasteiger partial charge in [0.2, 0.25) is 0 Å². The number of hydrogen-bond acceptors (Lipinski definition) is 3. The molecule has 22 heavy (non-hydrogen) atoms. The van der Waals surface area contributed by atoms with Gasteiger partial charge >= 0.3 is 5.97 Å². The van der Waals surface area contributed by atoms with Crippen LogP contribution in [0.4, 0.5) is 5.69 Å². The van der Waals surface area contributed by atoms with E-state index in [1.807, 2.05) is 6.92 Å². The van der Waals surface area contributed by atoms with Crippen LogP contribution in [-0.2, 0) is 0 Å². The van der Waals surface area contributed by atoms with Crippen molar-refractivity contribution in [2.24, 2.45) is 0 Å². The van der Waals surface area contributed by atoms with Crippen LogP contribution in [0.5, 0.6) is 0 Å². The minimum absolute atomic E-state index is 0.0670. The fraction of sp³-hybridized carbons (Fsp3) is 0.214. The summed E-state index contributed by atoms with van der Waals surface area (Å²) in [5.41, 5.74) is 0.522. The predicted octanol–water partition coefficient (Wildman–Crippen LogP) is 3.11. The van der Waals surface area contributed by atoms with E-state index in [1.54, 1.807) is 18.2 Å². The van der Waals surface area contributed by atoms with E-state index in [2.05, 4.69) is 5.10 Å². The molecule has 0 bridgehead atoms. The summed E-state index contributed by atoms with van der Waals surface area (Å²) in [7, 11) is 0. The van der Waals surface area contributed by atoms with Crippen molar-refractivity contribution in [3.05, 3.63) is 45.7 Å². The van der Waals surface area contributed by atoms with E-state index in [4.69, 9.17) is 23.2 Å². The topological polar surface area (TPSA) is 75.4 Å². The van der Waals surface area contributed by atoms with Crippen LogP contribution >= 0.6 is 23.2 Å². The van der Waals surface area contributed by atoms with Crippen molar-refractivity contribution in [3.63, 3.8) is 0 Å². The number of amides is 1. The van der Waals surface area contributed by atoms with Gasteiger partial charge in [0, 0.05) is 12.2 Å². The molecule has 2 aromatic rings. The van der Waals surface area contributed by atoms with Crippen molar-refractivity contribution in [2.45, 2.75) is 13.0 Å². The second-order valence-corrected chi connectivity index (χ2v) is 5.83. The summed E-state index contributed by atoms with van der Waals surface area (Å²) >= 11 is 11.9. The maximum absolute atomic E-state index is 12.7. The molecule has 3 rings (SSSR count). The van der Waals surface area contributed by atoms with E-state index in [9.17, 15) is 14.7 Å². The standard InChI is InChI=1S/C14H11Cl2N3O3/c1-7-6-18(8-2-3-10(15)11(16)4-8)13(20)12-9(14(21)22)5-17-19(7)12/h2-5,7H,6H2,1H3,(H,21,22)/t7-/m0/s1. The first kappa shape index (κ1) is 14.9. The molecule has 0 fully saturated rings. The largest absolute Gasteiger partial charge is 0.478 e. The molecule has 1 aliphatic heterocycles. The Morgan fingerprint density at radius 3 is 2.73 bits per heavy atom. The molecule has 0 saturated heterocycles. The summed E-state index contributed by atoms with van der Waals surface area (Å²) in [6.45, 7) is 2.23. The highest BCUT2D eigenvalue weighted by Crippen LogP contribution is 2.32. The number of halogens is 2. The summed E-state index contributed by atoms with van der Waals surface area (Å²) < 4.78 is 1.44. The Morgan fingerprint density at radius 2 is 2.09 bits per heavy atom. The number of hydrogen-bond donors (Lipinski definition) is 1. The summed E-state index contributed by atoms with van der Waals surface area (Å²) in [6.07, 6.45) is 1.20. The van der Waals surface area contributed by atoms with Crippen molar-refractivity contribution >= 4 is 40.8 Å². The Bertz CT molecular complexity index is 788. The SMILES string of the molecule is C[C@H]1CN(c2ccc(Cl)c(Cl)c2)C(=O)c2c(C(=O)O)cnn21. The summed E-state index contributed by atoms with van der Waals surface area (Å²) in [5.74, 6) is -1.61. The number of carboxylic acid groups (broad SMARTS) is 1. The van der Waals surface area contributed by atoms with Crippen molar-refractivity contribution in [1.29, 1.82) is 0 Å². The minimum Gasteiger partial charge on any atom is -0.478 e. The van der Waals surface area contributed by atoms with Gasteiger partial charge in [-0.1, -0.05) is 23.2 Å². The van der Waals surface area contributed by atoms with Gasteiger partial charge in [-0.05, 0) is 25.1 Å². The molecule has 1 N–H and O–H groups in total. The molecule has 1 aromatic heterocycles. The average Bonchev–Trinajstić information content (AvgIpc) is 2.92. The normalized spacial score (nSPS) is 17.5. The molecule has 0 radical (unpaired) electrons. The van der Waals surface area contributed by atoms with Gasteiger partial charge in [0.25, 0.3) is 5.91 Å². The summed E-state index contributed by atoms with van der Waals surface area (Å²) in [4.78, 5) is 25.4. The van der Waals surface area contributed by atoms with Crippen LogP contribution in [0, 0.1) is 0 Å². The third-order valence-corrected chi connectivity index (χ3v) is 4.29. The first-order valence-electron chi connectivity index (χ1n) is 6.48. The monoisotopic (exact) mass is 339 g/mol. The van der Waals surface area contributed by atoms with Crippen molar-refractivity contribution in [1.82, 2.24) is 9.78 Å². The zero-order chi connectivity index (χ0) is 16.0. The number of carboxylic acids is 1. The molecule has 0 saturated carbocycles. The Labute approximate surface area is 135 Å². The molecular formula is C14H11Cl2N3O3. The molecule has 0 spiro atoms. The zero-order valence-corrected chi connectivity index (χ0v) is 13.0. The number of rotatable bonds is 2. The number of carbonyl (C=O) groups excluding carboxylic acids is 1. The average molecular weight is 340 g/mol.